The van der Waals surface area contributed by atoms with E-state index in [2.05, 4.69) is 0 Å². The van der Waals surface area contributed by atoms with Crippen LogP contribution in [0.2, 0.25) is 0 Å². The monoisotopic (exact) mass is 330 g/mol. The van der Waals surface area contributed by atoms with Crippen molar-refractivity contribution in [3.05, 3.63) is 59.7 Å². The summed E-state index contributed by atoms with van der Waals surface area (Å²) in [5, 5.41) is 9.37. The summed E-state index contributed by atoms with van der Waals surface area (Å²) in [5.74, 6) is 0.877. The standard InChI is InChI=1S/C15H13Cl3O2/c1-20-13-8-4-11(5-9-13)15(18,14(16)17)10-2-6-12(19)7-3-10/h2-9,14,19H,1H3. The zero-order valence-corrected chi connectivity index (χ0v) is 13.0. The normalized spacial score (nSPS) is 14.1. The fraction of sp³-hybridized carbons (Fsp3) is 0.200. The lowest BCUT2D eigenvalue weighted by molar-refractivity contribution is 0.414. The van der Waals surface area contributed by atoms with Crippen LogP contribution < -0.4 is 4.74 Å². The van der Waals surface area contributed by atoms with Gasteiger partial charge in [-0.15, -0.1) is 34.8 Å². The van der Waals surface area contributed by atoms with E-state index in [1.165, 1.54) is 0 Å². The van der Waals surface area contributed by atoms with E-state index in [9.17, 15) is 5.11 Å². The highest BCUT2D eigenvalue weighted by Crippen LogP contribution is 2.44. The molecule has 0 aliphatic carbocycles. The molecule has 0 fully saturated rings. The molecule has 0 saturated carbocycles. The van der Waals surface area contributed by atoms with E-state index in [0.717, 1.165) is 11.3 Å². The van der Waals surface area contributed by atoms with Gasteiger partial charge in [0, 0.05) is 0 Å². The lowest BCUT2D eigenvalue weighted by atomic mass is 9.91. The second-order valence-electron chi connectivity index (χ2n) is 4.29. The van der Waals surface area contributed by atoms with Crippen molar-refractivity contribution in [2.24, 2.45) is 0 Å². The highest BCUT2D eigenvalue weighted by molar-refractivity contribution is 6.50. The average molecular weight is 332 g/mol. The summed E-state index contributed by atoms with van der Waals surface area (Å²) in [6, 6.07) is 13.7. The fourth-order valence-corrected chi connectivity index (χ4v) is 2.71. The van der Waals surface area contributed by atoms with Crippen LogP contribution >= 0.6 is 34.8 Å². The van der Waals surface area contributed by atoms with Crippen molar-refractivity contribution in [2.75, 3.05) is 7.11 Å². The first-order chi connectivity index (χ1) is 9.48. The largest absolute Gasteiger partial charge is 0.508 e. The molecule has 1 atom stereocenters. The third kappa shape index (κ3) is 2.83. The zero-order valence-electron chi connectivity index (χ0n) is 10.7. The summed E-state index contributed by atoms with van der Waals surface area (Å²) in [5.41, 5.74) is 1.46. The number of ether oxygens (including phenoxy) is 1. The van der Waals surface area contributed by atoms with Crippen LogP contribution in [0.5, 0.6) is 11.5 Å². The third-order valence-electron chi connectivity index (χ3n) is 3.10. The van der Waals surface area contributed by atoms with Crippen molar-refractivity contribution < 1.29 is 9.84 Å². The Hall–Kier alpha value is -1.09. The van der Waals surface area contributed by atoms with Crippen molar-refractivity contribution in [2.45, 2.75) is 9.71 Å². The minimum Gasteiger partial charge on any atom is -0.508 e. The predicted molar refractivity (Wildman–Crippen MR) is 83.2 cm³/mol. The first-order valence-electron chi connectivity index (χ1n) is 5.89. The van der Waals surface area contributed by atoms with Crippen molar-refractivity contribution in [1.82, 2.24) is 0 Å². The molecule has 5 heteroatoms. The first kappa shape index (κ1) is 15.3. The van der Waals surface area contributed by atoms with Crippen molar-refractivity contribution in [1.29, 1.82) is 0 Å². The molecule has 0 amide bonds. The SMILES string of the molecule is COc1ccc(C(Cl)(c2ccc(O)cc2)C(Cl)Cl)cc1. The van der Waals surface area contributed by atoms with Crippen LogP contribution in [0, 0.1) is 0 Å². The van der Waals surface area contributed by atoms with E-state index in [-0.39, 0.29) is 5.75 Å². The molecule has 2 rings (SSSR count). The first-order valence-corrected chi connectivity index (χ1v) is 7.14. The summed E-state index contributed by atoms with van der Waals surface area (Å²) < 4.78 is 5.12. The van der Waals surface area contributed by atoms with Gasteiger partial charge < -0.3 is 9.84 Å². The van der Waals surface area contributed by atoms with E-state index in [1.807, 2.05) is 12.1 Å². The molecule has 20 heavy (non-hydrogen) atoms. The molecular weight excluding hydrogens is 319 g/mol. The lowest BCUT2D eigenvalue weighted by Crippen LogP contribution is -2.28. The maximum absolute atomic E-state index is 9.37. The van der Waals surface area contributed by atoms with Crippen molar-refractivity contribution in [3.8, 4) is 11.5 Å². The van der Waals surface area contributed by atoms with Gasteiger partial charge in [0.1, 0.15) is 21.2 Å². The molecule has 1 unspecified atom stereocenters. The van der Waals surface area contributed by atoms with E-state index in [4.69, 9.17) is 39.5 Å². The molecule has 1 N–H and O–H groups in total. The number of hydrogen-bond acceptors (Lipinski definition) is 2. The summed E-state index contributed by atoms with van der Waals surface area (Å²) in [4.78, 5) is -1.95. The average Bonchev–Trinajstić information content (AvgIpc) is 2.47. The molecule has 106 valence electrons. The van der Waals surface area contributed by atoms with Gasteiger partial charge in [0.2, 0.25) is 0 Å². The molecular formula is C15H13Cl3O2. The number of methoxy groups -OCH3 is 1. The Morgan fingerprint density at radius 1 is 0.950 bits per heavy atom. The molecule has 0 saturated heterocycles. The van der Waals surface area contributed by atoms with Gasteiger partial charge in [0.15, 0.2) is 0 Å². The zero-order chi connectivity index (χ0) is 14.8. The van der Waals surface area contributed by atoms with Crippen LogP contribution in [0.4, 0.5) is 0 Å². The molecule has 0 aromatic heterocycles. The maximum atomic E-state index is 9.37. The molecule has 0 spiro atoms. The number of hydrogen-bond donors (Lipinski definition) is 1. The van der Waals surface area contributed by atoms with E-state index in [0.29, 0.717) is 5.56 Å². The van der Waals surface area contributed by atoms with Crippen LogP contribution in [0.1, 0.15) is 11.1 Å². The van der Waals surface area contributed by atoms with Crippen LogP contribution in [0.25, 0.3) is 0 Å². The molecule has 0 bridgehead atoms. The Morgan fingerprint density at radius 2 is 1.40 bits per heavy atom. The highest BCUT2D eigenvalue weighted by Gasteiger charge is 2.38. The van der Waals surface area contributed by atoms with Gasteiger partial charge in [-0.05, 0) is 35.4 Å². The van der Waals surface area contributed by atoms with Gasteiger partial charge in [-0.3, -0.25) is 0 Å². The number of benzene rings is 2. The molecule has 0 aliphatic heterocycles. The van der Waals surface area contributed by atoms with Gasteiger partial charge in [-0.1, -0.05) is 24.3 Å². The Balaban J connectivity index is 2.50. The smallest absolute Gasteiger partial charge is 0.135 e. The Labute approximate surface area is 132 Å². The number of phenols is 1. The van der Waals surface area contributed by atoms with Crippen LogP contribution in [-0.4, -0.2) is 17.1 Å². The number of aromatic hydroxyl groups is 1. The topological polar surface area (TPSA) is 29.5 Å². The van der Waals surface area contributed by atoms with E-state index in [1.54, 1.807) is 43.5 Å². The Morgan fingerprint density at radius 3 is 1.80 bits per heavy atom. The second kappa shape index (κ2) is 6.13. The molecule has 2 nitrogen and oxygen atoms in total. The third-order valence-corrected chi connectivity index (χ3v) is 4.63. The fourth-order valence-electron chi connectivity index (χ4n) is 1.96. The minimum absolute atomic E-state index is 0.156. The summed E-state index contributed by atoms with van der Waals surface area (Å²) in [6.07, 6.45) is 0. The maximum Gasteiger partial charge on any atom is 0.135 e. The number of halogens is 3. The van der Waals surface area contributed by atoms with Crippen LogP contribution in [-0.2, 0) is 4.87 Å². The van der Waals surface area contributed by atoms with Gasteiger partial charge in [0.25, 0.3) is 0 Å². The van der Waals surface area contributed by atoms with Gasteiger partial charge in [-0.2, -0.15) is 0 Å². The molecule has 2 aromatic carbocycles. The quantitative estimate of drug-likeness (QED) is 0.824. The molecule has 2 aromatic rings. The van der Waals surface area contributed by atoms with Crippen LogP contribution in [0.3, 0.4) is 0 Å². The Bertz CT molecular complexity index is 567. The Kier molecular flexibility index (Phi) is 4.69. The highest BCUT2D eigenvalue weighted by atomic mass is 35.5. The second-order valence-corrected chi connectivity index (χ2v) is 5.98. The van der Waals surface area contributed by atoms with Gasteiger partial charge in [-0.25, -0.2) is 0 Å². The van der Waals surface area contributed by atoms with Crippen molar-refractivity contribution >= 4 is 34.8 Å². The minimum atomic E-state index is -1.09. The van der Waals surface area contributed by atoms with Crippen LogP contribution in [0.15, 0.2) is 48.5 Å². The van der Waals surface area contributed by atoms with Gasteiger partial charge in [0.05, 0.1) is 7.11 Å². The van der Waals surface area contributed by atoms with E-state index < -0.39 is 9.71 Å². The van der Waals surface area contributed by atoms with E-state index >= 15 is 0 Å². The summed E-state index contributed by atoms with van der Waals surface area (Å²) >= 11 is 18.9. The van der Waals surface area contributed by atoms with Gasteiger partial charge >= 0.3 is 0 Å². The lowest BCUT2D eigenvalue weighted by Gasteiger charge is -2.29. The molecule has 0 heterocycles. The molecule has 0 aliphatic rings. The number of phenolic OH excluding ortho intramolecular Hbond substituents is 1. The molecule has 0 radical (unpaired) electrons. The number of alkyl halides is 3. The summed E-state index contributed by atoms with van der Waals surface area (Å²) in [6.45, 7) is 0. The predicted octanol–water partition coefficient (Wildman–Crippen LogP) is 4.69. The number of rotatable bonds is 4. The summed E-state index contributed by atoms with van der Waals surface area (Å²) in [7, 11) is 1.59. The van der Waals surface area contributed by atoms with Crippen molar-refractivity contribution in [3.63, 3.8) is 0 Å².